The number of anilines is 1. The summed E-state index contributed by atoms with van der Waals surface area (Å²) >= 11 is 1.95. The molecule has 2 nitrogen and oxygen atoms in total. The zero-order chi connectivity index (χ0) is 10.8. The first-order valence-corrected chi connectivity index (χ1v) is 6.10. The van der Waals surface area contributed by atoms with Crippen LogP contribution in [0.2, 0.25) is 0 Å². The number of amidine groups is 1. The predicted molar refractivity (Wildman–Crippen MR) is 68.0 cm³/mol. The number of hydrogen-bond donors (Lipinski definition) is 0. The number of nitrogens with zero attached hydrogens (tertiary/aromatic N) is 2. The Labute approximate surface area is 95.6 Å². The van der Waals surface area contributed by atoms with Crippen LogP contribution in [-0.4, -0.2) is 35.6 Å². The van der Waals surface area contributed by atoms with Crippen molar-refractivity contribution in [2.45, 2.75) is 12.2 Å². The lowest BCUT2D eigenvalue weighted by Crippen LogP contribution is -2.28. The average Bonchev–Trinajstić information content (AvgIpc) is 2.58. The highest BCUT2D eigenvalue weighted by molar-refractivity contribution is 8.14. The van der Waals surface area contributed by atoms with Gasteiger partial charge in [-0.1, -0.05) is 18.2 Å². The predicted octanol–water partition coefficient (Wildman–Crippen LogP) is 2.26. The smallest absolute Gasteiger partial charge is 0.257 e. The fourth-order valence-electron chi connectivity index (χ4n) is 1.87. The molecule has 1 aliphatic heterocycles. The number of rotatable bonds is 1. The molecule has 0 radical (unpaired) electrons. The van der Waals surface area contributed by atoms with Gasteiger partial charge in [0, 0.05) is 0 Å². The zero-order valence-electron chi connectivity index (χ0n) is 9.47. The molecule has 0 aromatic heterocycles. The van der Waals surface area contributed by atoms with E-state index in [2.05, 4.69) is 60.8 Å². The fraction of sp³-hybridized carbons (Fsp3) is 0.417. The van der Waals surface area contributed by atoms with Crippen LogP contribution in [-0.2, 0) is 0 Å². The van der Waals surface area contributed by atoms with Crippen LogP contribution in [0.25, 0.3) is 0 Å². The Balaban J connectivity index is 2.22. The number of thioether (sulfide) groups is 1. The molecule has 3 heteroatoms. The van der Waals surface area contributed by atoms with Crippen LogP contribution < -0.4 is 4.90 Å². The molecule has 1 unspecified atom stereocenters. The SMILES string of the molecule is CC1C[N+](C)=C(N(C)c2ccccc2)S1. The summed E-state index contributed by atoms with van der Waals surface area (Å²) < 4.78 is 2.32. The Hall–Kier alpha value is -0.960. The van der Waals surface area contributed by atoms with Crippen molar-refractivity contribution in [2.24, 2.45) is 0 Å². The first kappa shape index (κ1) is 10.6. The summed E-state index contributed by atoms with van der Waals surface area (Å²) in [6, 6.07) is 10.5. The van der Waals surface area contributed by atoms with Gasteiger partial charge in [-0.25, -0.2) is 4.90 Å². The summed E-state index contributed by atoms with van der Waals surface area (Å²) in [5, 5.41) is 2.03. The summed E-state index contributed by atoms with van der Waals surface area (Å²) in [6.45, 7) is 3.41. The second-order valence-electron chi connectivity index (χ2n) is 3.99. The van der Waals surface area contributed by atoms with E-state index >= 15 is 0 Å². The standard InChI is InChI=1S/C12H17N2S/c1-10-9-13(2)12(15-10)14(3)11-7-5-4-6-8-11/h4-8,10H,9H2,1-3H3/q+1. The van der Waals surface area contributed by atoms with E-state index in [0.29, 0.717) is 5.25 Å². The third-order valence-corrected chi connectivity index (χ3v) is 3.94. The minimum Gasteiger partial charge on any atom is -0.257 e. The lowest BCUT2D eigenvalue weighted by Gasteiger charge is -2.11. The van der Waals surface area contributed by atoms with E-state index in [1.54, 1.807) is 0 Å². The maximum Gasteiger partial charge on any atom is 0.313 e. The Morgan fingerprint density at radius 3 is 2.53 bits per heavy atom. The molecule has 1 aromatic rings. The van der Waals surface area contributed by atoms with Crippen LogP contribution in [0, 0.1) is 0 Å². The van der Waals surface area contributed by atoms with Crippen LogP contribution in [0.4, 0.5) is 5.69 Å². The minimum absolute atomic E-state index is 0.691. The topological polar surface area (TPSA) is 6.25 Å². The van der Waals surface area contributed by atoms with Gasteiger partial charge in [-0.05, 0) is 30.8 Å². The van der Waals surface area contributed by atoms with Crippen molar-refractivity contribution >= 4 is 22.6 Å². The van der Waals surface area contributed by atoms with Crippen molar-refractivity contribution in [1.29, 1.82) is 0 Å². The first-order chi connectivity index (χ1) is 7.18. The van der Waals surface area contributed by atoms with Crippen molar-refractivity contribution in [3.05, 3.63) is 30.3 Å². The lowest BCUT2D eigenvalue weighted by molar-refractivity contribution is -0.490. The van der Waals surface area contributed by atoms with E-state index < -0.39 is 0 Å². The molecule has 1 atom stereocenters. The zero-order valence-corrected chi connectivity index (χ0v) is 10.3. The number of benzene rings is 1. The highest BCUT2D eigenvalue weighted by Crippen LogP contribution is 2.24. The van der Waals surface area contributed by atoms with Gasteiger partial charge < -0.3 is 0 Å². The normalized spacial score (nSPS) is 20.9. The molecule has 1 aliphatic rings. The molecule has 0 N–H and O–H groups in total. The molecule has 0 aliphatic carbocycles. The van der Waals surface area contributed by atoms with Crippen LogP contribution in [0.1, 0.15) is 6.92 Å². The molecule has 1 heterocycles. The summed E-state index contributed by atoms with van der Waals surface area (Å²) in [6.07, 6.45) is 0. The van der Waals surface area contributed by atoms with Crippen LogP contribution >= 0.6 is 11.8 Å². The van der Waals surface area contributed by atoms with E-state index in [4.69, 9.17) is 0 Å². The van der Waals surface area contributed by atoms with Crippen LogP contribution in [0.15, 0.2) is 30.3 Å². The number of hydrogen-bond acceptors (Lipinski definition) is 2. The summed E-state index contributed by atoms with van der Waals surface area (Å²) in [5.41, 5.74) is 1.25. The summed E-state index contributed by atoms with van der Waals surface area (Å²) in [4.78, 5) is 2.26. The van der Waals surface area contributed by atoms with E-state index in [-0.39, 0.29) is 0 Å². The Bertz CT molecular complexity index is 372. The molecule has 80 valence electrons. The van der Waals surface area contributed by atoms with Crippen molar-refractivity contribution in [3.8, 4) is 0 Å². The maximum atomic E-state index is 2.32. The van der Waals surface area contributed by atoms with Gasteiger partial charge in [0.15, 0.2) is 0 Å². The second-order valence-corrected chi connectivity index (χ2v) is 5.39. The first-order valence-electron chi connectivity index (χ1n) is 5.22. The van der Waals surface area contributed by atoms with Gasteiger partial charge in [-0.3, -0.25) is 4.58 Å². The molecular formula is C12H17N2S+. The largest absolute Gasteiger partial charge is 0.313 e. The van der Waals surface area contributed by atoms with E-state index in [1.165, 1.54) is 10.9 Å². The van der Waals surface area contributed by atoms with Crippen molar-refractivity contribution in [2.75, 3.05) is 25.5 Å². The van der Waals surface area contributed by atoms with Gasteiger partial charge in [-0.15, -0.1) is 0 Å². The number of para-hydroxylation sites is 1. The van der Waals surface area contributed by atoms with E-state index in [1.807, 2.05) is 11.8 Å². The molecule has 0 bridgehead atoms. The fourth-order valence-corrected chi connectivity index (χ4v) is 3.04. The van der Waals surface area contributed by atoms with Gasteiger partial charge >= 0.3 is 5.17 Å². The lowest BCUT2D eigenvalue weighted by atomic mass is 10.3. The quantitative estimate of drug-likeness (QED) is 0.671. The summed E-state index contributed by atoms with van der Waals surface area (Å²) in [7, 11) is 4.29. The van der Waals surface area contributed by atoms with Crippen LogP contribution in [0.3, 0.4) is 0 Å². The third-order valence-electron chi connectivity index (χ3n) is 2.59. The molecule has 15 heavy (non-hydrogen) atoms. The minimum atomic E-state index is 0.691. The molecule has 0 saturated carbocycles. The van der Waals surface area contributed by atoms with Gasteiger partial charge in [0.2, 0.25) is 0 Å². The third kappa shape index (κ3) is 2.17. The molecule has 0 saturated heterocycles. The van der Waals surface area contributed by atoms with Crippen molar-refractivity contribution < 1.29 is 4.58 Å². The average molecular weight is 221 g/mol. The molecule has 0 spiro atoms. The van der Waals surface area contributed by atoms with Gasteiger partial charge in [0.25, 0.3) is 0 Å². The van der Waals surface area contributed by atoms with Gasteiger partial charge in [0.05, 0.1) is 25.9 Å². The maximum absolute atomic E-state index is 2.32. The molecule has 1 aromatic carbocycles. The van der Waals surface area contributed by atoms with Crippen molar-refractivity contribution in [1.82, 2.24) is 0 Å². The highest BCUT2D eigenvalue weighted by atomic mass is 32.2. The molecule has 2 rings (SSSR count). The Morgan fingerprint density at radius 2 is 2.00 bits per heavy atom. The molecule has 0 fully saturated rings. The van der Waals surface area contributed by atoms with Gasteiger partial charge in [0.1, 0.15) is 5.69 Å². The van der Waals surface area contributed by atoms with Crippen molar-refractivity contribution in [3.63, 3.8) is 0 Å². The van der Waals surface area contributed by atoms with E-state index in [0.717, 1.165) is 6.54 Å². The second kappa shape index (κ2) is 4.27. The molecule has 0 amide bonds. The Kier molecular flexibility index (Phi) is 3.00. The van der Waals surface area contributed by atoms with Crippen LogP contribution in [0.5, 0.6) is 0 Å². The van der Waals surface area contributed by atoms with Gasteiger partial charge in [-0.2, -0.15) is 0 Å². The monoisotopic (exact) mass is 221 g/mol. The molecular weight excluding hydrogens is 204 g/mol. The summed E-state index contributed by atoms with van der Waals surface area (Å²) in [5.74, 6) is 0. The van der Waals surface area contributed by atoms with E-state index in [9.17, 15) is 0 Å². The Morgan fingerprint density at radius 1 is 1.33 bits per heavy atom. The highest BCUT2D eigenvalue weighted by Gasteiger charge is 2.29.